The summed E-state index contributed by atoms with van der Waals surface area (Å²) in [6.45, 7) is 7.02. The molecule has 0 aromatic carbocycles. The lowest BCUT2D eigenvalue weighted by molar-refractivity contribution is 0.134. The lowest BCUT2D eigenvalue weighted by atomic mass is 9.73. The van der Waals surface area contributed by atoms with Crippen molar-refractivity contribution in [3.63, 3.8) is 0 Å². The van der Waals surface area contributed by atoms with Gasteiger partial charge < -0.3 is 10.2 Å². The molecule has 2 rings (SSSR count). The molecule has 1 saturated carbocycles. The van der Waals surface area contributed by atoms with Gasteiger partial charge in [-0.15, -0.1) is 11.3 Å². The highest BCUT2D eigenvalue weighted by molar-refractivity contribution is 9.11. The zero-order valence-electron chi connectivity index (χ0n) is 13.7. The summed E-state index contributed by atoms with van der Waals surface area (Å²) in [5, 5.41) is 5.81. The highest BCUT2D eigenvalue weighted by Gasteiger charge is 2.31. The molecule has 1 heterocycles. The molecule has 3 atom stereocenters. The van der Waals surface area contributed by atoms with Crippen LogP contribution in [0.3, 0.4) is 0 Å². The Morgan fingerprint density at radius 2 is 2.19 bits per heavy atom. The molecule has 1 aliphatic carbocycles. The summed E-state index contributed by atoms with van der Waals surface area (Å²) < 4.78 is 1.23. The van der Waals surface area contributed by atoms with E-state index in [9.17, 15) is 0 Å². The molecule has 1 N–H and O–H groups in total. The quantitative estimate of drug-likeness (QED) is 0.784. The van der Waals surface area contributed by atoms with Gasteiger partial charge in [0.25, 0.3) is 0 Å². The van der Waals surface area contributed by atoms with Gasteiger partial charge in [0.2, 0.25) is 0 Å². The fourth-order valence-corrected chi connectivity index (χ4v) is 4.89. The fourth-order valence-electron chi connectivity index (χ4n) is 3.69. The summed E-state index contributed by atoms with van der Waals surface area (Å²) in [5.41, 5.74) is 1.42. The van der Waals surface area contributed by atoms with Crippen LogP contribution in [0.4, 0.5) is 0 Å². The Labute approximate surface area is 142 Å². The average molecular weight is 373 g/mol. The molecule has 120 valence electrons. The van der Waals surface area contributed by atoms with Crippen molar-refractivity contribution in [2.45, 2.75) is 45.7 Å². The molecule has 2 nitrogen and oxygen atoms in total. The van der Waals surface area contributed by atoms with Crippen LogP contribution in [0.5, 0.6) is 0 Å². The van der Waals surface area contributed by atoms with Gasteiger partial charge in [0.1, 0.15) is 0 Å². The van der Waals surface area contributed by atoms with Gasteiger partial charge in [-0.1, -0.05) is 13.8 Å². The van der Waals surface area contributed by atoms with Crippen LogP contribution in [0.25, 0.3) is 0 Å². The molecule has 0 saturated heterocycles. The molecule has 0 radical (unpaired) electrons. The maximum Gasteiger partial charge on any atom is 0.0701 e. The first-order valence-electron chi connectivity index (χ1n) is 8.08. The minimum absolute atomic E-state index is 0.691. The van der Waals surface area contributed by atoms with Crippen LogP contribution >= 0.6 is 27.3 Å². The number of hydrogen-bond donors (Lipinski definition) is 1. The number of rotatable bonds is 6. The molecule has 0 amide bonds. The summed E-state index contributed by atoms with van der Waals surface area (Å²) in [5.74, 6) is 2.51. The van der Waals surface area contributed by atoms with E-state index >= 15 is 0 Å². The monoisotopic (exact) mass is 372 g/mol. The summed E-state index contributed by atoms with van der Waals surface area (Å²) in [4.78, 5) is 2.49. The van der Waals surface area contributed by atoms with Crippen molar-refractivity contribution in [3.05, 3.63) is 20.8 Å². The Hall–Kier alpha value is 0.100. The summed E-state index contributed by atoms with van der Waals surface area (Å²) >= 11 is 5.33. The fraction of sp³-hybridized carbons (Fsp3) is 0.765. The number of nitrogens with one attached hydrogen (secondary N) is 1. The van der Waals surface area contributed by atoms with Crippen molar-refractivity contribution in [1.82, 2.24) is 10.2 Å². The van der Waals surface area contributed by atoms with Gasteiger partial charge in [-0.25, -0.2) is 0 Å². The molecule has 1 aromatic rings. The van der Waals surface area contributed by atoms with Crippen LogP contribution in [-0.4, -0.2) is 31.6 Å². The topological polar surface area (TPSA) is 15.3 Å². The second-order valence-corrected chi connectivity index (χ2v) is 9.22. The van der Waals surface area contributed by atoms with E-state index in [-0.39, 0.29) is 0 Å². The van der Waals surface area contributed by atoms with Crippen LogP contribution in [0, 0.1) is 17.8 Å². The zero-order chi connectivity index (χ0) is 15.4. The maximum atomic E-state index is 3.56. The highest BCUT2D eigenvalue weighted by atomic mass is 79.9. The van der Waals surface area contributed by atoms with Crippen molar-refractivity contribution >= 4 is 27.3 Å². The second-order valence-electron chi connectivity index (χ2n) is 6.93. The number of hydrogen-bond acceptors (Lipinski definition) is 3. The number of thiophene rings is 1. The van der Waals surface area contributed by atoms with Crippen molar-refractivity contribution < 1.29 is 0 Å². The molecule has 4 heteroatoms. The molecule has 0 spiro atoms. The van der Waals surface area contributed by atoms with E-state index in [0.29, 0.717) is 6.04 Å². The molecule has 3 unspecified atom stereocenters. The standard InChI is InChI=1S/C17H29BrN2S/c1-12(2)14-5-6-16(19-3)15(8-14)10-20(4)9-13-7-17(18)21-11-13/h7,11-12,14-16,19H,5-6,8-10H2,1-4H3. The van der Waals surface area contributed by atoms with Crippen LogP contribution in [0.2, 0.25) is 0 Å². The third-order valence-corrected chi connectivity index (χ3v) is 6.51. The minimum Gasteiger partial charge on any atom is -0.317 e. The predicted octanol–water partition coefficient (Wildman–Crippen LogP) is 4.60. The Balaban J connectivity index is 1.91. The minimum atomic E-state index is 0.691. The Bertz CT molecular complexity index is 432. The smallest absolute Gasteiger partial charge is 0.0701 e. The van der Waals surface area contributed by atoms with Gasteiger partial charge in [-0.3, -0.25) is 0 Å². The molecular weight excluding hydrogens is 344 g/mol. The summed E-state index contributed by atoms with van der Waals surface area (Å²) in [6, 6.07) is 2.94. The van der Waals surface area contributed by atoms with Gasteiger partial charge >= 0.3 is 0 Å². The van der Waals surface area contributed by atoms with E-state index in [4.69, 9.17) is 0 Å². The lowest BCUT2D eigenvalue weighted by Crippen LogP contribution is -2.44. The van der Waals surface area contributed by atoms with Gasteiger partial charge in [-0.05, 0) is 84.1 Å². The number of nitrogens with zero attached hydrogens (tertiary/aromatic N) is 1. The van der Waals surface area contributed by atoms with E-state index in [0.717, 1.165) is 24.3 Å². The summed E-state index contributed by atoms with van der Waals surface area (Å²) in [6.07, 6.45) is 4.10. The van der Waals surface area contributed by atoms with E-state index in [1.165, 1.54) is 35.2 Å². The third kappa shape index (κ3) is 5.05. The Kier molecular flexibility index (Phi) is 6.73. The molecule has 0 bridgehead atoms. The third-order valence-electron chi connectivity index (χ3n) is 4.96. The van der Waals surface area contributed by atoms with E-state index < -0.39 is 0 Å². The van der Waals surface area contributed by atoms with Crippen LogP contribution in [-0.2, 0) is 6.54 Å². The van der Waals surface area contributed by atoms with Crippen LogP contribution in [0.1, 0.15) is 38.7 Å². The molecule has 0 aliphatic heterocycles. The van der Waals surface area contributed by atoms with Gasteiger partial charge in [0, 0.05) is 19.1 Å². The molecule has 1 aromatic heterocycles. The van der Waals surface area contributed by atoms with E-state index in [1.807, 2.05) is 0 Å². The maximum absolute atomic E-state index is 3.56. The van der Waals surface area contributed by atoms with Crippen molar-refractivity contribution in [2.75, 3.05) is 20.6 Å². The van der Waals surface area contributed by atoms with Crippen molar-refractivity contribution in [2.24, 2.45) is 17.8 Å². The SMILES string of the molecule is CNC1CCC(C(C)C)CC1CN(C)Cc1csc(Br)c1. The van der Waals surface area contributed by atoms with Gasteiger partial charge in [0.05, 0.1) is 3.79 Å². The molecule has 21 heavy (non-hydrogen) atoms. The summed E-state index contributed by atoms with van der Waals surface area (Å²) in [7, 11) is 4.39. The van der Waals surface area contributed by atoms with E-state index in [2.05, 4.69) is 65.5 Å². The second kappa shape index (κ2) is 8.09. The Morgan fingerprint density at radius 1 is 1.43 bits per heavy atom. The van der Waals surface area contributed by atoms with Crippen molar-refractivity contribution in [3.8, 4) is 0 Å². The molecule has 1 aliphatic rings. The molecule has 1 fully saturated rings. The van der Waals surface area contributed by atoms with Gasteiger partial charge in [0.15, 0.2) is 0 Å². The zero-order valence-corrected chi connectivity index (χ0v) is 16.1. The Morgan fingerprint density at radius 3 is 2.76 bits per heavy atom. The lowest BCUT2D eigenvalue weighted by Gasteiger charge is -2.39. The predicted molar refractivity (Wildman–Crippen MR) is 96.9 cm³/mol. The number of halogens is 1. The highest BCUT2D eigenvalue weighted by Crippen LogP contribution is 2.34. The molecular formula is C17H29BrN2S. The average Bonchev–Trinajstić information content (AvgIpc) is 2.83. The van der Waals surface area contributed by atoms with Gasteiger partial charge in [-0.2, -0.15) is 0 Å². The van der Waals surface area contributed by atoms with Crippen LogP contribution in [0.15, 0.2) is 15.2 Å². The normalized spacial score (nSPS) is 26.7. The first kappa shape index (κ1) is 17.5. The first-order valence-corrected chi connectivity index (χ1v) is 9.75. The van der Waals surface area contributed by atoms with Crippen LogP contribution < -0.4 is 5.32 Å². The largest absolute Gasteiger partial charge is 0.317 e. The first-order chi connectivity index (χ1) is 9.99. The van der Waals surface area contributed by atoms with Crippen molar-refractivity contribution in [1.29, 1.82) is 0 Å². The van der Waals surface area contributed by atoms with E-state index in [1.54, 1.807) is 11.3 Å².